The number of amides is 2. The lowest BCUT2D eigenvalue weighted by Gasteiger charge is -2.36. The minimum Gasteiger partial charge on any atom is -0.479 e. The molecule has 114 valence electrons. The summed E-state index contributed by atoms with van der Waals surface area (Å²) in [5.74, 6) is -0.229. The number of nitrogens with one attached hydrogen (secondary N) is 1. The maximum absolute atomic E-state index is 12.5. The first-order valence-electron chi connectivity index (χ1n) is 7.81. The third-order valence-corrected chi connectivity index (χ3v) is 4.98. The highest BCUT2D eigenvalue weighted by Crippen LogP contribution is 2.33. The lowest BCUT2D eigenvalue weighted by molar-refractivity contribution is -0.148. The molecule has 0 radical (unpaired) electrons. The van der Waals surface area contributed by atoms with Gasteiger partial charge in [0.2, 0.25) is 0 Å². The van der Waals surface area contributed by atoms with Crippen LogP contribution in [0.2, 0.25) is 0 Å². The topological polar surface area (TPSA) is 69.6 Å². The summed E-state index contributed by atoms with van der Waals surface area (Å²) in [5.41, 5.74) is -0.996. The first-order valence-corrected chi connectivity index (χ1v) is 7.81. The van der Waals surface area contributed by atoms with E-state index < -0.39 is 11.5 Å². The third-order valence-electron chi connectivity index (χ3n) is 4.98. The Bertz CT molecular complexity index is 385. The molecule has 0 aromatic rings. The van der Waals surface area contributed by atoms with Crippen LogP contribution in [0.15, 0.2) is 0 Å². The van der Waals surface area contributed by atoms with Gasteiger partial charge in [0.1, 0.15) is 5.54 Å². The molecule has 20 heavy (non-hydrogen) atoms. The Morgan fingerprint density at radius 3 is 2.70 bits per heavy atom. The van der Waals surface area contributed by atoms with E-state index >= 15 is 0 Å². The highest BCUT2D eigenvalue weighted by Gasteiger charge is 2.48. The summed E-state index contributed by atoms with van der Waals surface area (Å²) in [6.45, 7) is 4.61. The number of nitrogens with zero attached hydrogens (tertiary/aromatic N) is 1. The summed E-state index contributed by atoms with van der Waals surface area (Å²) in [6.07, 6.45) is 6.19. The van der Waals surface area contributed by atoms with Gasteiger partial charge in [-0.15, -0.1) is 0 Å². The Kier molecular flexibility index (Phi) is 4.55. The highest BCUT2D eigenvalue weighted by atomic mass is 16.4. The molecule has 3 atom stereocenters. The van der Waals surface area contributed by atoms with Crippen molar-refractivity contribution in [1.82, 2.24) is 10.2 Å². The number of carbonyl (C=O) groups excluding carboxylic acids is 1. The SMILES string of the molecule is CCC1(C(=O)O)CCCN1C(=O)NC1CCCC(C)C1. The van der Waals surface area contributed by atoms with Crippen molar-refractivity contribution >= 4 is 12.0 Å². The van der Waals surface area contributed by atoms with E-state index in [0.717, 1.165) is 25.7 Å². The lowest BCUT2D eigenvalue weighted by atomic mass is 9.87. The molecule has 0 aromatic heterocycles. The van der Waals surface area contributed by atoms with Crippen LogP contribution >= 0.6 is 0 Å². The number of carboxylic acid groups (broad SMARTS) is 1. The molecular formula is C15H26N2O3. The predicted molar refractivity (Wildman–Crippen MR) is 76.5 cm³/mol. The largest absolute Gasteiger partial charge is 0.479 e. The van der Waals surface area contributed by atoms with Gasteiger partial charge in [0.25, 0.3) is 0 Å². The summed E-state index contributed by atoms with van der Waals surface area (Å²) in [4.78, 5) is 25.6. The van der Waals surface area contributed by atoms with E-state index in [4.69, 9.17) is 0 Å². The first-order chi connectivity index (χ1) is 9.49. The Morgan fingerprint density at radius 1 is 1.35 bits per heavy atom. The molecule has 1 saturated carbocycles. The van der Waals surface area contributed by atoms with E-state index in [1.54, 1.807) is 4.90 Å². The highest BCUT2D eigenvalue weighted by molar-refractivity contribution is 5.87. The molecule has 2 rings (SSSR count). The van der Waals surface area contributed by atoms with Gasteiger partial charge in [-0.2, -0.15) is 0 Å². The van der Waals surface area contributed by atoms with Gasteiger partial charge in [-0.3, -0.25) is 0 Å². The van der Waals surface area contributed by atoms with Crippen LogP contribution < -0.4 is 5.32 Å². The molecule has 2 amide bonds. The van der Waals surface area contributed by atoms with Gasteiger partial charge in [-0.1, -0.05) is 26.7 Å². The van der Waals surface area contributed by atoms with Crippen molar-refractivity contribution in [2.45, 2.75) is 70.4 Å². The molecule has 0 spiro atoms. The van der Waals surface area contributed by atoms with Crippen LogP contribution in [0, 0.1) is 5.92 Å². The second-order valence-electron chi connectivity index (χ2n) is 6.36. The second-order valence-corrected chi connectivity index (χ2v) is 6.36. The second kappa shape index (κ2) is 6.02. The number of hydrogen-bond acceptors (Lipinski definition) is 2. The van der Waals surface area contributed by atoms with Crippen molar-refractivity contribution in [3.8, 4) is 0 Å². The molecule has 3 unspecified atom stereocenters. The summed E-state index contributed by atoms with van der Waals surface area (Å²) in [7, 11) is 0. The van der Waals surface area contributed by atoms with Gasteiger partial charge < -0.3 is 15.3 Å². The molecule has 1 saturated heterocycles. The van der Waals surface area contributed by atoms with E-state index in [2.05, 4.69) is 12.2 Å². The van der Waals surface area contributed by atoms with E-state index in [1.807, 2.05) is 6.92 Å². The van der Waals surface area contributed by atoms with E-state index in [-0.39, 0.29) is 12.1 Å². The smallest absolute Gasteiger partial charge is 0.329 e. The predicted octanol–water partition coefficient (Wildman–Crippen LogP) is 2.60. The molecule has 2 aliphatic rings. The van der Waals surface area contributed by atoms with Crippen molar-refractivity contribution in [2.24, 2.45) is 5.92 Å². The first kappa shape index (κ1) is 15.1. The van der Waals surface area contributed by atoms with Gasteiger partial charge in [-0.25, -0.2) is 9.59 Å². The number of likely N-dealkylation sites (tertiary alicyclic amines) is 1. The van der Waals surface area contributed by atoms with Crippen LogP contribution in [0.4, 0.5) is 4.79 Å². The number of rotatable bonds is 3. The molecule has 5 nitrogen and oxygen atoms in total. The Labute approximate surface area is 120 Å². The van der Waals surface area contributed by atoms with Gasteiger partial charge in [0.15, 0.2) is 0 Å². The average molecular weight is 282 g/mol. The third kappa shape index (κ3) is 2.76. The summed E-state index contributed by atoms with van der Waals surface area (Å²) < 4.78 is 0. The van der Waals surface area contributed by atoms with Crippen LogP contribution in [0.1, 0.15) is 58.8 Å². The van der Waals surface area contributed by atoms with Crippen LogP contribution in [-0.4, -0.2) is 40.1 Å². The monoisotopic (exact) mass is 282 g/mol. The zero-order valence-electron chi connectivity index (χ0n) is 12.5. The Balaban J connectivity index is 2.02. The zero-order valence-corrected chi connectivity index (χ0v) is 12.5. The minimum atomic E-state index is -0.996. The Hall–Kier alpha value is -1.26. The number of hydrogen-bond donors (Lipinski definition) is 2. The summed E-state index contributed by atoms with van der Waals surface area (Å²) >= 11 is 0. The number of aliphatic carboxylic acids is 1. The van der Waals surface area contributed by atoms with Crippen LogP contribution in [0.5, 0.6) is 0 Å². The fourth-order valence-corrected chi connectivity index (χ4v) is 3.73. The number of carbonyl (C=O) groups is 2. The van der Waals surface area contributed by atoms with Crippen LogP contribution in [0.25, 0.3) is 0 Å². The Morgan fingerprint density at radius 2 is 2.10 bits per heavy atom. The van der Waals surface area contributed by atoms with Crippen molar-refractivity contribution in [1.29, 1.82) is 0 Å². The van der Waals surface area contributed by atoms with Crippen molar-refractivity contribution in [2.75, 3.05) is 6.54 Å². The molecular weight excluding hydrogens is 256 g/mol. The molecule has 1 heterocycles. The van der Waals surface area contributed by atoms with E-state index in [0.29, 0.717) is 25.3 Å². The van der Waals surface area contributed by atoms with Gasteiger partial charge in [-0.05, 0) is 38.0 Å². The number of carboxylic acids is 1. The molecule has 1 aliphatic carbocycles. The average Bonchev–Trinajstić information content (AvgIpc) is 2.83. The van der Waals surface area contributed by atoms with Crippen molar-refractivity contribution in [3.05, 3.63) is 0 Å². The molecule has 1 aliphatic heterocycles. The number of urea groups is 1. The van der Waals surface area contributed by atoms with Crippen LogP contribution in [-0.2, 0) is 4.79 Å². The normalized spacial score (nSPS) is 34.0. The van der Waals surface area contributed by atoms with Crippen molar-refractivity contribution < 1.29 is 14.7 Å². The van der Waals surface area contributed by atoms with Crippen molar-refractivity contribution in [3.63, 3.8) is 0 Å². The van der Waals surface area contributed by atoms with E-state index in [1.165, 1.54) is 6.42 Å². The molecule has 0 aromatic carbocycles. The molecule has 0 bridgehead atoms. The van der Waals surface area contributed by atoms with E-state index in [9.17, 15) is 14.7 Å². The van der Waals surface area contributed by atoms with Gasteiger partial charge in [0.05, 0.1) is 0 Å². The standard InChI is InChI=1S/C15H26N2O3/c1-3-15(13(18)19)8-5-9-17(15)14(20)16-12-7-4-6-11(2)10-12/h11-12H,3-10H2,1-2H3,(H,16,20)(H,18,19). The molecule has 2 N–H and O–H groups in total. The quantitative estimate of drug-likeness (QED) is 0.836. The summed E-state index contributed by atoms with van der Waals surface area (Å²) in [5, 5.41) is 12.6. The zero-order chi connectivity index (χ0) is 14.8. The summed E-state index contributed by atoms with van der Waals surface area (Å²) in [6, 6.07) is 0.0149. The molecule has 2 fully saturated rings. The maximum Gasteiger partial charge on any atom is 0.329 e. The van der Waals surface area contributed by atoms with Gasteiger partial charge >= 0.3 is 12.0 Å². The fourth-order valence-electron chi connectivity index (χ4n) is 3.73. The molecule has 5 heteroatoms. The lowest BCUT2D eigenvalue weighted by Crippen LogP contribution is -2.57. The van der Waals surface area contributed by atoms with Crippen LogP contribution in [0.3, 0.4) is 0 Å². The van der Waals surface area contributed by atoms with Gasteiger partial charge in [0, 0.05) is 12.6 Å². The maximum atomic E-state index is 12.5. The fraction of sp³-hybridized carbons (Fsp3) is 0.867. The minimum absolute atomic E-state index is 0.189.